The van der Waals surface area contributed by atoms with Gasteiger partial charge in [0.2, 0.25) is 10.0 Å². The Labute approximate surface area is 111 Å². The van der Waals surface area contributed by atoms with Gasteiger partial charge in [-0.05, 0) is 17.7 Å². The Hall–Kier alpha value is -1.02. The van der Waals surface area contributed by atoms with Gasteiger partial charge in [0, 0.05) is 13.1 Å². The number of aliphatic hydroxyl groups is 1. The lowest BCUT2D eigenvalue weighted by molar-refractivity contribution is -0.0305. The molecule has 1 fully saturated rings. The molecule has 0 spiro atoms. The zero-order chi connectivity index (χ0) is 13.9. The Kier molecular flexibility index (Phi) is 4.51. The van der Waals surface area contributed by atoms with Gasteiger partial charge in [-0.3, -0.25) is 0 Å². The average molecular weight is 289 g/mol. The van der Waals surface area contributed by atoms with Crippen molar-refractivity contribution < 1.29 is 22.7 Å². The third-order valence-electron chi connectivity index (χ3n) is 2.96. The Morgan fingerprint density at radius 1 is 1.37 bits per heavy atom. The van der Waals surface area contributed by atoms with Gasteiger partial charge in [-0.2, -0.15) is 4.31 Å². The molecule has 7 heteroatoms. The third-order valence-corrected chi connectivity index (χ3v) is 4.78. The predicted octanol–water partition coefficient (Wildman–Crippen LogP) is 0.349. The lowest BCUT2D eigenvalue weighted by Gasteiger charge is -2.31. The maximum absolute atomic E-state index is 12.8. The molecule has 0 saturated carbocycles. The Balaban J connectivity index is 2.07. The fourth-order valence-electron chi connectivity index (χ4n) is 1.94. The molecule has 0 aliphatic carbocycles. The van der Waals surface area contributed by atoms with Crippen LogP contribution >= 0.6 is 0 Å². The normalized spacial score (nSPS) is 21.5. The van der Waals surface area contributed by atoms with E-state index < -0.39 is 21.9 Å². The second-order valence-corrected chi connectivity index (χ2v) is 6.38. The number of hydrogen-bond donors (Lipinski definition) is 1. The number of hydrogen-bond acceptors (Lipinski definition) is 4. The van der Waals surface area contributed by atoms with E-state index in [2.05, 4.69) is 0 Å². The van der Waals surface area contributed by atoms with Crippen molar-refractivity contribution in [2.75, 3.05) is 26.3 Å². The van der Waals surface area contributed by atoms with Crippen LogP contribution in [0.15, 0.2) is 24.3 Å². The SMILES string of the molecule is O=S(=O)(Cc1ccc(F)cc1)N1CCOC(CO)C1. The molecule has 1 atom stereocenters. The molecule has 1 saturated heterocycles. The second-order valence-electron chi connectivity index (χ2n) is 4.42. The van der Waals surface area contributed by atoms with E-state index in [0.717, 1.165) is 0 Å². The molecule has 1 aliphatic heterocycles. The standard InChI is InChI=1S/C12H16FNO4S/c13-11-3-1-10(2-4-11)9-19(16,17)14-5-6-18-12(7-14)8-15/h1-4,12,15H,5-9H2. The van der Waals surface area contributed by atoms with Crippen molar-refractivity contribution in [3.05, 3.63) is 35.6 Å². The second kappa shape index (κ2) is 5.96. The average Bonchev–Trinajstić information content (AvgIpc) is 2.41. The van der Waals surface area contributed by atoms with Crippen LogP contribution in [0.4, 0.5) is 4.39 Å². The molecule has 106 valence electrons. The van der Waals surface area contributed by atoms with E-state index >= 15 is 0 Å². The van der Waals surface area contributed by atoms with Crippen molar-refractivity contribution in [3.63, 3.8) is 0 Å². The first kappa shape index (κ1) is 14.4. The van der Waals surface area contributed by atoms with Crippen molar-refractivity contribution in [2.45, 2.75) is 11.9 Å². The Morgan fingerprint density at radius 3 is 2.68 bits per heavy atom. The minimum atomic E-state index is -3.47. The highest BCUT2D eigenvalue weighted by atomic mass is 32.2. The molecule has 1 aliphatic rings. The minimum absolute atomic E-state index is 0.153. The minimum Gasteiger partial charge on any atom is -0.394 e. The fraction of sp³-hybridized carbons (Fsp3) is 0.500. The molecule has 19 heavy (non-hydrogen) atoms. The van der Waals surface area contributed by atoms with Gasteiger partial charge in [0.05, 0.1) is 25.1 Å². The van der Waals surface area contributed by atoms with Gasteiger partial charge in [0.25, 0.3) is 0 Å². The Morgan fingerprint density at radius 2 is 2.05 bits per heavy atom. The highest BCUT2D eigenvalue weighted by Crippen LogP contribution is 2.15. The lowest BCUT2D eigenvalue weighted by Crippen LogP contribution is -2.47. The monoisotopic (exact) mass is 289 g/mol. The van der Waals surface area contributed by atoms with Crippen LogP contribution in [0.5, 0.6) is 0 Å². The number of halogens is 1. The molecule has 0 aromatic heterocycles. The van der Waals surface area contributed by atoms with Gasteiger partial charge in [-0.25, -0.2) is 12.8 Å². The van der Waals surface area contributed by atoms with E-state index in [4.69, 9.17) is 9.84 Å². The van der Waals surface area contributed by atoms with Crippen LogP contribution in [0.1, 0.15) is 5.56 Å². The molecule has 0 bridgehead atoms. The van der Waals surface area contributed by atoms with Gasteiger partial charge >= 0.3 is 0 Å². The zero-order valence-corrected chi connectivity index (χ0v) is 11.1. The zero-order valence-electron chi connectivity index (χ0n) is 10.3. The van der Waals surface area contributed by atoms with Crippen molar-refractivity contribution in [1.29, 1.82) is 0 Å². The van der Waals surface area contributed by atoms with Crippen molar-refractivity contribution in [3.8, 4) is 0 Å². The Bertz CT molecular complexity index is 517. The number of morpholine rings is 1. The summed E-state index contributed by atoms with van der Waals surface area (Å²) in [6.45, 7) is 0.497. The summed E-state index contributed by atoms with van der Waals surface area (Å²) in [6.07, 6.45) is -0.475. The summed E-state index contributed by atoms with van der Waals surface area (Å²) in [7, 11) is -3.47. The van der Waals surface area contributed by atoms with Crippen LogP contribution in [0, 0.1) is 5.82 Å². The number of ether oxygens (including phenoxy) is 1. The third kappa shape index (κ3) is 3.73. The summed E-state index contributed by atoms with van der Waals surface area (Å²) in [4.78, 5) is 0. The molecule has 0 radical (unpaired) electrons. The van der Waals surface area contributed by atoms with Gasteiger partial charge in [0.15, 0.2) is 0 Å². The van der Waals surface area contributed by atoms with E-state index in [-0.39, 0.29) is 32.1 Å². The maximum atomic E-state index is 12.8. The summed E-state index contributed by atoms with van der Waals surface area (Å²) in [5.41, 5.74) is 0.536. The lowest BCUT2D eigenvalue weighted by atomic mass is 10.2. The fourth-order valence-corrected chi connectivity index (χ4v) is 3.48. The van der Waals surface area contributed by atoms with Crippen molar-refractivity contribution in [2.24, 2.45) is 0 Å². The molecule has 1 heterocycles. The molecule has 1 N–H and O–H groups in total. The first-order valence-electron chi connectivity index (χ1n) is 5.96. The number of rotatable bonds is 4. The van der Waals surface area contributed by atoms with E-state index in [1.807, 2.05) is 0 Å². The van der Waals surface area contributed by atoms with Crippen LogP contribution in [-0.2, 0) is 20.5 Å². The molecule has 1 aromatic carbocycles. The van der Waals surface area contributed by atoms with Crippen molar-refractivity contribution >= 4 is 10.0 Å². The summed E-state index contributed by atoms with van der Waals surface area (Å²) >= 11 is 0. The van der Waals surface area contributed by atoms with Gasteiger partial charge in [-0.1, -0.05) is 12.1 Å². The topological polar surface area (TPSA) is 66.8 Å². The van der Waals surface area contributed by atoms with Gasteiger partial charge < -0.3 is 9.84 Å². The first-order chi connectivity index (χ1) is 9.01. The highest BCUT2D eigenvalue weighted by molar-refractivity contribution is 7.88. The molecule has 1 aromatic rings. The number of benzene rings is 1. The molecular formula is C12H16FNO4S. The number of sulfonamides is 1. The molecule has 2 rings (SSSR count). The quantitative estimate of drug-likeness (QED) is 0.868. The van der Waals surface area contributed by atoms with Crippen LogP contribution in [0.3, 0.4) is 0 Å². The molecule has 5 nitrogen and oxygen atoms in total. The summed E-state index contributed by atoms with van der Waals surface area (Å²) in [5, 5.41) is 9.01. The maximum Gasteiger partial charge on any atom is 0.218 e. The van der Waals surface area contributed by atoms with Crippen LogP contribution in [0.2, 0.25) is 0 Å². The molecular weight excluding hydrogens is 273 g/mol. The van der Waals surface area contributed by atoms with Gasteiger partial charge in [0.1, 0.15) is 5.82 Å². The van der Waals surface area contributed by atoms with Crippen LogP contribution in [-0.4, -0.2) is 50.2 Å². The highest BCUT2D eigenvalue weighted by Gasteiger charge is 2.29. The smallest absolute Gasteiger partial charge is 0.218 e. The van der Waals surface area contributed by atoms with Crippen LogP contribution < -0.4 is 0 Å². The molecule has 1 unspecified atom stereocenters. The van der Waals surface area contributed by atoms with E-state index in [1.54, 1.807) is 0 Å². The van der Waals surface area contributed by atoms with E-state index in [0.29, 0.717) is 5.56 Å². The first-order valence-corrected chi connectivity index (χ1v) is 7.57. The van der Waals surface area contributed by atoms with Gasteiger partial charge in [-0.15, -0.1) is 0 Å². The summed E-state index contributed by atoms with van der Waals surface area (Å²) < 4.78 is 43.7. The largest absolute Gasteiger partial charge is 0.394 e. The van der Waals surface area contributed by atoms with E-state index in [1.165, 1.54) is 28.6 Å². The van der Waals surface area contributed by atoms with Crippen LogP contribution in [0.25, 0.3) is 0 Å². The van der Waals surface area contributed by atoms with Crippen molar-refractivity contribution in [1.82, 2.24) is 4.31 Å². The van der Waals surface area contributed by atoms with E-state index in [9.17, 15) is 12.8 Å². The summed E-state index contributed by atoms with van der Waals surface area (Å²) in [6, 6.07) is 5.38. The number of aliphatic hydroxyl groups excluding tert-OH is 1. The number of nitrogens with zero attached hydrogens (tertiary/aromatic N) is 1. The molecule has 0 amide bonds. The predicted molar refractivity (Wildman–Crippen MR) is 67.4 cm³/mol. The summed E-state index contributed by atoms with van der Waals surface area (Å²) in [5.74, 6) is -0.571.